The van der Waals surface area contributed by atoms with Gasteiger partial charge in [-0.3, -0.25) is 15.0 Å². The molecule has 6 nitrogen and oxygen atoms in total. The van der Waals surface area contributed by atoms with Crippen molar-refractivity contribution in [2.45, 2.75) is 32.6 Å². The Kier molecular flexibility index (Phi) is 7.45. The lowest BCUT2D eigenvalue weighted by Crippen LogP contribution is -2.50. The van der Waals surface area contributed by atoms with E-state index < -0.39 is 23.2 Å². The summed E-state index contributed by atoms with van der Waals surface area (Å²) in [6.45, 7) is 5.94. The largest absolute Gasteiger partial charge is 0.495 e. The van der Waals surface area contributed by atoms with Crippen LogP contribution in [-0.2, 0) is 10.2 Å². The molecular formula is C24H25ClFN3O3S. The Morgan fingerprint density at radius 2 is 1.97 bits per heavy atom. The quantitative estimate of drug-likeness (QED) is 0.449. The van der Waals surface area contributed by atoms with Gasteiger partial charge in [-0.05, 0) is 29.7 Å². The van der Waals surface area contributed by atoms with Crippen molar-refractivity contribution in [1.82, 2.24) is 5.32 Å². The first-order chi connectivity index (χ1) is 15.6. The van der Waals surface area contributed by atoms with Crippen LogP contribution in [0.5, 0.6) is 5.75 Å². The van der Waals surface area contributed by atoms with Gasteiger partial charge >= 0.3 is 6.03 Å². The second-order valence-electron chi connectivity index (χ2n) is 8.42. The average molecular weight is 490 g/mol. The Morgan fingerprint density at radius 3 is 2.55 bits per heavy atom. The van der Waals surface area contributed by atoms with Crippen LogP contribution in [0.15, 0.2) is 24.3 Å². The fourth-order valence-corrected chi connectivity index (χ4v) is 4.02. The highest BCUT2D eigenvalue weighted by Crippen LogP contribution is 2.40. The fourth-order valence-electron chi connectivity index (χ4n) is 3.43. The number of ether oxygens (including phenoxy) is 1. The van der Waals surface area contributed by atoms with E-state index in [0.29, 0.717) is 21.9 Å². The summed E-state index contributed by atoms with van der Waals surface area (Å²) < 4.78 is 24.4. The van der Waals surface area contributed by atoms with Gasteiger partial charge in [0.2, 0.25) is 5.91 Å². The fraction of sp³-hybridized carbons (Fsp3) is 0.333. The van der Waals surface area contributed by atoms with Crippen molar-refractivity contribution in [2.24, 2.45) is 0 Å². The third kappa shape index (κ3) is 5.37. The molecule has 1 saturated heterocycles. The van der Waals surface area contributed by atoms with E-state index in [9.17, 15) is 9.59 Å². The topological polar surface area (TPSA) is 70.7 Å². The van der Waals surface area contributed by atoms with E-state index in [1.165, 1.54) is 24.0 Å². The summed E-state index contributed by atoms with van der Waals surface area (Å²) >= 11 is 7.80. The van der Waals surface area contributed by atoms with Gasteiger partial charge in [-0.2, -0.15) is 0 Å². The van der Waals surface area contributed by atoms with Crippen LogP contribution < -0.4 is 19.7 Å². The van der Waals surface area contributed by atoms with Crippen LogP contribution in [0.4, 0.5) is 20.6 Å². The molecule has 1 fully saturated rings. The molecule has 33 heavy (non-hydrogen) atoms. The third-order valence-electron chi connectivity index (χ3n) is 5.07. The Hall–Kier alpha value is -2.89. The zero-order valence-corrected chi connectivity index (χ0v) is 20.6. The van der Waals surface area contributed by atoms with Gasteiger partial charge in [0.25, 0.3) is 0 Å². The number of imide groups is 1. The predicted molar refractivity (Wildman–Crippen MR) is 132 cm³/mol. The Labute approximate surface area is 202 Å². The lowest BCUT2D eigenvalue weighted by molar-refractivity contribution is -0.120. The smallest absolute Gasteiger partial charge is 0.328 e. The van der Waals surface area contributed by atoms with E-state index in [0.717, 1.165) is 5.69 Å². The maximum absolute atomic E-state index is 15.8. The zero-order chi connectivity index (χ0) is 24.3. The molecule has 0 saturated carbocycles. The molecule has 3 amide bonds. The SMILES string of the molecule is COc1c(C(C)(C)C)cc(N2CCC(=O)NC2=O)c(F)c1C#Cc1ccc(NSC)cc1Cl. The van der Waals surface area contributed by atoms with Crippen LogP contribution in [0, 0.1) is 17.7 Å². The van der Waals surface area contributed by atoms with Crippen molar-refractivity contribution in [2.75, 3.05) is 29.5 Å². The van der Waals surface area contributed by atoms with Gasteiger partial charge in [0.15, 0.2) is 5.82 Å². The van der Waals surface area contributed by atoms with Crippen LogP contribution in [0.1, 0.15) is 43.9 Å². The maximum atomic E-state index is 15.8. The van der Waals surface area contributed by atoms with Crippen LogP contribution in [0.3, 0.4) is 0 Å². The number of carbonyl (C=O) groups excluding carboxylic acids is 2. The number of amides is 3. The summed E-state index contributed by atoms with van der Waals surface area (Å²) in [6, 6.07) is 6.23. The number of rotatable bonds is 4. The molecule has 3 rings (SSSR count). The Morgan fingerprint density at radius 1 is 1.24 bits per heavy atom. The van der Waals surface area contributed by atoms with Gasteiger partial charge in [0.05, 0.1) is 17.8 Å². The van der Waals surface area contributed by atoms with E-state index in [1.54, 1.807) is 18.2 Å². The first-order valence-electron chi connectivity index (χ1n) is 10.2. The van der Waals surface area contributed by atoms with E-state index in [4.69, 9.17) is 16.3 Å². The van der Waals surface area contributed by atoms with Crippen LogP contribution in [0.2, 0.25) is 5.02 Å². The number of carbonyl (C=O) groups is 2. The Bertz CT molecular complexity index is 1170. The minimum Gasteiger partial charge on any atom is -0.495 e. The van der Waals surface area contributed by atoms with Crippen LogP contribution >= 0.6 is 23.5 Å². The van der Waals surface area contributed by atoms with Gasteiger partial charge in [-0.1, -0.05) is 56.2 Å². The first kappa shape index (κ1) is 24.7. The highest BCUT2D eigenvalue weighted by molar-refractivity contribution is 7.99. The molecule has 0 aromatic heterocycles. The minimum absolute atomic E-state index is 0.0204. The number of hydrogen-bond acceptors (Lipinski definition) is 5. The third-order valence-corrected chi connectivity index (χ3v) is 5.82. The Balaban J connectivity index is 2.18. The standard InChI is InChI=1S/C24H25ClFN3O3S/c1-24(2,3)17-13-19(29-11-10-20(30)27-23(29)31)21(26)16(22(17)32-4)9-7-14-6-8-15(28-33-5)12-18(14)25/h6,8,12-13,28H,10-11H2,1-5H3,(H,27,30,31). The summed E-state index contributed by atoms with van der Waals surface area (Å²) in [5, 5.41) is 2.65. The highest BCUT2D eigenvalue weighted by atomic mass is 35.5. The van der Waals surface area contributed by atoms with Crippen molar-refractivity contribution in [3.05, 3.63) is 51.8 Å². The van der Waals surface area contributed by atoms with Gasteiger partial charge in [-0.15, -0.1) is 0 Å². The van der Waals surface area contributed by atoms with Gasteiger partial charge in [-0.25, -0.2) is 9.18 Å². The molecule has 0 bridgehead atoms. The molecule has 0 atom stereocenters. The molecule has 2 aromatic rings. The summed E-state index contributed by atoms with van der Waals surface area (Å²) in [7, 11) is 1.46. The van der Waals surface area contributed by atoms with Crippen LogP contribution in [-0.4, -0.2) is 31.8 Å². The number of halogens is 2. The molecule has 0 radical (unpaired) electrons. The van der Waals surface area contributed by atoms with E-state index in [1.807, 2.05) is 33.1 Å². The molecule has 1 aliphatic rings. The second kappa shape index (κ2) is 9.94. The van der Waals surface area contributed by atoms with Crippen LogP contribution in [0.25, 0.3) is 0 Å². The summed E-state index contributed by atoms with van der Waals surface area (Å²) in [4.78, 5) is 25.2. The monoisotopic (exact) mass is 489 g/mol. The number of urea groups is 1. The number of methoxy groups -OCH3 is 1. The molecule has 0 spiro atoms. The molecular weight excluding hydrogens is 465 g/mol. The summed E-state index contributed by atoms with van der Waals surface area (Å²) in [6.07, 6.45) is 1.98. The average Bonchev–Trinajstić information content (AvgIpc) is 2.73. The number of benzene rings is 2. The van der Waals surface area contributed by atoms with Crippen molar-refractivity contribution >= 4 is 46.9 Å². The van der Waals surface area contributed by atoms with Gasteiger partial charge < -0.3 is 9.46 Å². The molecule has 2 N–H and O–H groups in total. The number of nitrogens with zero attached hydrogens (tertiary/aromatic N) is 1. The highest BCUT2D eigenvalue weighted by Gasteiger charge is 2.32. The van der Waals surface area contributed by atoms with Crippen molar-refractivity contribution in [3.63, 3.8) is 0 Å². The predicted octanol–water partition coefficient (Wildman–Crippen LogP) is 5.32. The maximum Gasteiger partial charge on any atom is 0.328 e. The van der Waals surface area contributed by atoms with E-state index >= 15 is 4.39 Å². The summed E-state index contributed by atoms with van der Waals surface area (Å²) in [5.41, 5.74) is 1.65. The molecule has 9 heteroatoms. The van der Waals surface area contributed by atoms with E-state index in [2.05, 4.69) is 21.9 Å². The molecule has 174 valence electrons. The molecule has 0 unspecified atom stereocenters. The molecule has 1 heterocycles. The van der Waals surface area contributed by atoms with Gasteiger partial charge in [0, 0.05) is 36.0 Å². The lowest BCUT2D eigenvalue weighted by atomic mass is 9.84. The molecule has 1 aliphatic heterocycles. The molecule has 2 aromatic carbocycles. The number of anilines is 2. The molecule has 0 aliphatic carbocycles. The van der Waals surface area contributed by atoms with Crippen molar-refractivity contribution < 1.29 is 18.7 Å². The summed E-state index contributed by atoms with van der Waals surface area (Å²) in [5.74, 6) is 5.00. The first-order valence-corrected chi connectivity index (χ1v) is 11.8. The van der Waals surface area contributed by atoms with Crippen molar-refractivity contribution in [3.8, 4) is 17.6 Å². The normalized spacial score (nSPS) is 13.8. The lowest BCUT2D eigenvalue weighted by Gasteiger charge is -2.30. The zero-order valence-electron chi connectivity index (χ0n) is 19.1. The number of hydrogen-bond donors (Lipinski definition) is 2. The number of nitrogens with one attached hydrogen (secondary N) is 2. The second-order valence-corrected chi connectivity index (χ2v) is 9.44. The van der Waals surface area contributed by atoms with E-state index in [-0.39, 0.29) is 24.2 Å². The van der Waals surface area contributed by atoms with Gasteiger partial charge in [0.1, 0.15) is 11.3 Å². The minimum atomic E-state index is -0.700. The van der Waals surface area contributed by atoms with Crippen molar-refractivity contribution in [1.29, 1.82) is 0 Å².